The van der Waals surface area contributed by atoms with E-state index in [1.165, 1.54) is 0 Å². The number of fused-ring (bicyclic) bond motifs is 1. The zero-order valence-corrected chi connectivity index (χ0v) is 18.8. The van der Waals surface area contributed by atoms with Gasteiger partial charge in [-0.2, -0.15) is 0 Å². The maximum Gasteiger partial charge on any atom is 0.221 e. The van der Waals surface area contributed by atoms with Crippen molar-refractivity contribution in [2.75, 3.05) is 5.73 Å². The van der Waals surface area contributed by atoms with E-state index in [9.17, 15) is 0 Å². The van der Waals surface area contributed by atoms with Gasteiger partial charge in [0.1, 0.15) is 0 Å². The molecule has 4 nitrogen and oxygen atoms in total. The number of halogens is 2. The third-order valence-electron chi connectivity index (χ3n) is 5.19. The van der Waals surface area contributed by atoms with E-state index in [2.05, 4.69) is 54.9 Å². The molecule has 3 aromatic carbocycles. The first-order valence-corrected chi connectivity index (χ1v) is 11.0. The Morgan fingerprint density at radius 2 is 1.65 bits per heavy atom. The Bertz CT molecular complexity index is 1390. The van der Waals surface area contributed by atoms with E-state index in [0.717, 1.165) is 48.5 Å². The van der Waals surface area contributed by atoms with Crippen molar-refractivity contribution in [2.24, 2.45) is 0 Å². The summed E-state index contributed by atoms with van der Waals surface area (Å²) in [5.41, 5.74) is 12.0. The molecule has 6 heteroatoms. The van der Waals surface area contributed by atoms with Crippen LogP contribution in [0, 0.1) is 0 Å². The third-order valence-corrected chi connectivity index (χ3v) is 5.95. The highest BCUT2D eigenvalue weighted by molar-refractivity contribution is 9.10. The van der Waals surface area contributed by atoms with E-state index in [1.807, 2.05) is 60.7 Å². The quantitative estimate of drug-likeness (QED) is 0.302. The van der Waals surface area contributed by atoms with Gasteiger partial charge in [-0.15, -0.1) is 0 Å². The second-order valence-electron chi connectivity index (χ2n) is 7.32. The normalized spacial score (nSPS) is 11.2. The molecular weight excluding hydrogens is 472 g/mol. The van der Waals surface area contributed by atoms with E-state index in [4.69, 9.17) is 17.3 Å². The van der Waals surface area contributed by atoms with Crippen LogP contribution in [0.25, 0.3) is 33.4 Å². The fraction of sp³-hybridized carbons (Fsp3) is 0.0400. The van der Waals surface area contributed by atoms with Crippen molar-refractivity contribution in [3.05, 3.63) is 100 Å². The predicted molar refractivity (Wildman–Crippen MR) is 131 cm³/mol. The highest BCUT2D eigenvalue weighted by atomic mass is 79.9. The lowest BCUT2D eigenvalue weighted by Gasteiger charge is -2.06. The highest BCUT2D eigenvalue weighted by Gasteiger charge is 2.14. The van der Waals surface area contributed by atoms with Gasteiger partial charge in [0, 0.05) is 44.3 Å². The van der Waals surface area contributed by atoms with Crippen molar-refractivity contribution in [1.82, 2.24) is 14.5 Å². The molecule has 0 bridgehead atoms. The van der Waals surface area contributed by atoms with Crippen LogP contribution in [-0.2, 0) is 6.54 Å². The summed E-state index contributed by atoms with van der Waals surface area (Å²) in [4.78, 5) is 9.01. The molecule has 0 saturated heterocycles. The number of para-hydroxylation sites is 1. The van der Waals surface area contributed by atoms with Gasteiger partial charge in [-0.1, -0.05) is 70.0 Å². The predicted octanol–water partition coefficient (Wildman–Crippen LogP) is 6.81. The smallest absolute Gasteiger partial charge is 0.221 e. The molecule has 0 unspecified atom stereocenters. The lowest BCUT2D eigenvalue weighted by Crippen LogP contribution is -1.99. The summed E-state index contributed by atoms with van der Waals surface area (Å²) in [5, 5.41) is 1.85. The molecule has 0 radical (unpaired) electrons. The second-order valence-corrected chi connectivity index (χ2v) is 8.67. The zero-order valence-electron chi connectivity index (χ0n) is 16.5. The maximum atomic E-state index is 6.19. The number of nitrogens with two attached hydrogens (primary N) is 1. The zero-order chi connectivity index (χ0) is 21.4. The van der Waals surface area contributed by atoms with Gasteiger partial charge in [0.15, 0.2) is 0 Å². The van der Waals surface area contributed by atoms with Gasteiger partial charge >= 0.3 is 0 Å². The Balaban J connectivity index is 1.63. The van der Waals surface area contributed by atoms with Crippen molar-refractivity contribution in [2.45, 2.75) is 6.54 Å². The molecule has 2 N–H and O–H groups in total. The van der Waals surface area contributed by atoms with Crippen LogP contribution in [0.1, 0.15) is 5.56 Å². The minimum absolute atomic E-state index is 0.252. The molecule has 0 atom stereocenters. The summed E-state index contributed by atoms with van der Waals surface area (Å²) in [6.07, 6.45) is 2.12. The molecule has 5 rings (SSSR count). The molecule has 0 aliphatic heterocycles. The molecular formula is C25H18BrClN4. The largest absolute Gasteiger partial charge is 0.368 e. The van der Waals surface area contributed by atoms with Crippen LogP contribution in [0.4, 0.5) is 5.95 Å². The second kappa shape index (κ2) is 8.17. The molecule has 2 heterocycles. The SMILES string of the molecule is Nc1nc(-c2ccc(Br)cc2)cc(-c2cn(Cc3cccc(Cl)c3)c3ccccc23)n1. The topological polar surface area (TPSA) is 56.7 Å². The number of anilines is 1. The van der Waals surface area contributed by atoms with E-state index >= 15 is 0 Å². The van der Waals surface area contributed by atoms with Crippen molar-refractivity contribution < 1.29 is 0 Å². The van der Waals surface area contributed by atoms with Gasteiger partial charge in [0.25, 0.3) is 0 Å². The number of rotatable bonds is 4. The Hall–Kier alpha value is -3.15. The Labute approximate surface area is 193 Å². The summed E-state index contributed by atoms with van der Waals surface area (Å²) < 4.78 is 3.23. The van der Waals surface area contributed by atoms with Gasteiger partial charge < -0.3 is 10.3 Å². The van der Waals surface area contributed by atoms with E-state index < -0.39 is 0 Å². The van der Waals surface area contributed by atoms with Crippen molar-refractivity contribution >= 4 is 44.4 Å². The van der Waals surface area contributed by atoms with Crippen LogP contribution in [0.15, 0.2) is 89.5 Å². The van der Waals surface area contributed by atoms with Crippen LogP contribution >= 0.6 is 27.5 Å². The van der Waals surface area contributed by atoms with E-state index in [0.29, 0.717) is 6.54 Å². The third kappa shape index (κ3) is 4.07. The summed E-state index contributed by atoms with van der Waals surface area (Å²) in [6, 6.07) is 26.2. The lowest BCUT2D eigenvalue weighted by molar-refractivity contribution is 0.837. The minimum Gasteiger partial charge on any atom is -0.368 e. The fourth-order valence-corrected chi connectivity index (χ4v) is 4.26. The van der Waals surface area contributed by atoms with Crippen LogP contribution in [0.3, 0.4) is 0 Å². The average molecular weight is 490 g/mol. The van der Waals surface area contributed by atoms with Gasteiger partial charge in [-0.05, 0) is 42.0 Å². The number of aromatic nitrogens is 3. The molecule has 0 aliphatic rings. The maximum absolute atomic E-state index is 6.19. The van der Waals surface area contributed by atoms with Crippen LogP contribution in [0.5, 0.6) is 0 Å². The highest BCUT2D eigenvalue weighted by Crippen LogP contribution is 2.32. The molecule has 0 fully saturated rings. The minimum atomic E-state index is 0.252. The van der Waals surface area contributed by atoms with Gasteiger partial charge in [0.05, 0.1) is 11.4 Å². The van der Waals surface area contributed by atoms with Crippen LogP contribution < -0.4 is 5.73 Å². The van der Waals surface area contributed by atoms with Gasteiger partial charge in [-0.25, -0.2) is 9.97 Å². The molecule has 0 aliphatic carbocycles. The average Bonchev–Trinajstić information content (AvgIpc) is 3.12. The van der Waals surface area contributed by atoms with Crippen LogP contribution in [-0.4, -0.2) is 14.5 Å². The molecule has 0 saturated carbocycles. The molecule has 31 heavy (non-hydrogen) atoms. The first kappa shape index (κ1) is 19.8. The molecule has 0 amide bonds. The summed E-state index contributed by atoms with van der Waals surface area (Å²) in [5.74, 6) is 0.252. The lowest BCUT2D eigenvalue weighted by atomic mass is 10.1. The summed E-state index contributed by atoms with van der Waals surface area (Å²) in [7, 11) is 0. The molecule has 152 valence electrons. The number of hydrogen-bond acceptors (Lipinski definition) is 3. The number of benzene rings is 3. The Kier molecular flexibility index (Phi) is 5.22. The summed E-state index contributed by atoms with van der Waals surface area (Å²) >= 11 is 9.67. The molecule has 5 aromatic rings. The molecule has 2 aromatic heterocycles. The fourth-order valence-electron chi connectivity index (χ4n) is 3.79. The molecule has 0 spiro atoms. The monoisotopic (exact) mass is 488 g/mol. The number of hydrogen-bond donors (Lipinski definition) is 1. The number of nitrogen functional groups attached to an aromatic ring is 1. The van der Waals surface area contributed by atoms with Gasteiger partial charge in [0.2, 0.25) is 5.95 Å². The first-order valence-electron chi connectivity index (χ1n) is 9.80. The number of nitrogens with zero attached hydrogens (tertiary/aromatic N) is 3. The van der Waals surface area contributed by atoms with Crippen molar-refractivity contribution in [1.29, 1.82) is 0 Å². The Morgan fingerprint density at radius 3 is 2.45 bits per heavy atom. The van der Waals surface area contributed by atoms with Crippen LogP contribution in [0.2, 0.25) is 5.02 Å². The van der Waals surface area contributed by atoms with E-state index in [-0.39, 0.29) is 5.95 Å². The van der Waals surface area contributed by atoms with Crippen molar-refractivity contribution in [3.8, 4) is 22.5 Å². The van der Waals surface area contributed by atoms with E-state index in [1.54, 1.807) is 0 Å². The van der Waals surface area contributed by atoms with Crippen molar-refractivity contribution in [3.63, 3.8) is 0 Å². The van der Waals surface area contributed by atoms with Gasteiger partial charge in [-0.3, -0.25) is 0 Å². The Morgan fingerprint density at radius 1 is 0.871 bits per heavy atom. The summed E-state index contributed by atoms with van der Waals surface area (Å²) in [6.45, 7) is 0.710. The standard InChI is InChI=1S/C25H18BrClN4/c26-18-10-8-17(9-11-18)22-13-23(30-25(28)29-22)21-15-31(24-7-2-1-6-20(21)24)14-16-4-3-5-19(27)12-16/h1-13,15H,14H2,(H2,28,29,30). The first-order chi connectivity index (χ1) is 15.1.